The average Bonchev–Trinajstić information content (AvgIpc) is 3.30. The molecule has 171 valence electrons. The van der Waals surface area contributed by atoms with Crippen molar-refractivity contribution >= 4 is 10.9 Å². The van der Waals surface area contributed by atoms with E-state index in [2.05, 4.69) is 42.0 Å². The van der Waals surface area contributed by atoms with Crippen LogP contribution in [0.1, 0.15) is 26.5 Å². The number of nitrogens with zero attached hydrogens (tertiary/aromatic N) is 3. The van der Waals surface area contributed by atoms with Crippen LogP contribution in [0.5, 0.6) is 23.1 Å². The maximum Gasteiger partial charge on any atom is 0.230 e. The Balaban J connectivity index is 1.71. The van der Waals surface area contributed by atoms with Gasteiger partial charge in [0.1, 0.15) is 30.1 Å². The molecule has 0 aliphatic carbocycles. The first-order valence-electron chi connectivity index (χ1n) is 10.5. The van der Waals surface area contributed by atoms with Crippen molar-refractivity contribution in [2.45, 2.75) is 26.2 Å². The molecule has 0 spiro atoms. The molecule has 0 atom stereocenters. The molecular formula is C25H26N3O5. The molecule has 4 rings (SSSR count). The van der Waals surface area contributed by atoms with Gasteiger partial charge in [0.25, 0.3) is 0 Å². The van der Waals surface area contributed by atoms with Crippen molar-refractivity contribution in [1.29, 1.82) is 0 Å². The standard InChI is InChI=1S/C25H26N3O5/c1-25(2,3)23-14-19(28-33-23)16-8-6-7-9-20(16)32-24-17-12-21(30-5)22(31-11-10-29-4)13-18(17)26-15-27-24/h6,8-9,12-15H,10-11H2,1-5H3. The lowest BCUT2D eigenvalue weighted by atomic mass is 9.93. The smallest absolute Gasteiger partial charge is 0.230 e. The molecule has 0 aliphatic rings. The molecule has 0 amide bonds. The van der Waals surface area contributed by atoms with Crippen LogP contribution in [-0.4, -0.2) is 42.6 Å². The maximum absolute atomic E-state index is 6.23. The molecule has 0 bridgehead atoms. The van der Waals surface area contributed by atoms with E-state index in [1.807, 2.05) is 12.1 Å². The zero-order valence-corrected chi connectivity index (χ0v) is 19.3. The number of ether oxygens (including phenoxy) is 4. The summed E-state index contributed by atoms with van der Waals surface area (Å²) in [6.45, 7) is 7.07. The van der Waals surface area contributed by atoms with E-state index in [1.54, 1.807) is 38.5 Å². The fourth-order valence-electron chi connectivity index (χ4n) is 3.20. The Kier molecular flexibility index (Phi) is 6.46. The van der Waals surface area contributed by atoms with Crippen LogP contribution in [0.25, 0.3) is 22.2 Å². The molecule has 33 heavy (non-hydrogen) atoms. The Morgan fingerprint density at radius 3 is 2.58 bits per heavy atom. The van der Waals surface area contributed by atoms with Crippen molar-refractivity contribution in [3.05, 3.63) is 54.6 Å². The summed E-state index contributed by atoms with van der Waals surface area (Å²) in [5.41, 5.74) is 1.95. The minimum absolute atomic E-state index is 0.157. The number of aromatic nitrogens is 3. The van der Waals surface area contributed by atoms with E-state index in [0.29, 0.717) is 52.9 Å². The first-order chi connectivity index (χ1) is 15.9. The molecule has 4 aromatic rings. The minimum Gasteiger partial charge on any atom is -0.493 e. The van der Waals surface area contributed by atoms with Gasteiger partial charge in [0, 0.05) is 30.2 Å². The SMILES string of the molecule is COCCOc1cc2ncnc(Oc3c[c]ccc3-c3cc(C(C)(C)C)on3)c2cc1OC. The van der Waals surface area contributed by atoms with Crippen LogP contribution in [0.3, 0.4) is 0 Å². The number of hydrogen-bond acceptors (Lipinski definition) is 8. The number of methoxy groups -OCH3 is 2. The summed E-state index contributed by atoms with van der Waals surface area (Å²) in [4.78, 5) is 8.72. The molecule has 8 heteroatoms. The van der Waals surface area contributed by atoms with Gasteiger partial charge in [-0.3, -0.25) is 0 Å². The summed E-state index contributed by atoms with van der Waals surface area (Å²) in [5, 5.41) is 4.92. The molecular weight excluding hydrogens is 422 g/mol. The predicted octanol–water partition coefficient (Wildman–Crippen LogP) is 5.21. The van der Waals surface area contributed by atoms with Gasteiger partial charge < -0.3 is 23.5 Å². The third kappa shape index (κ3) is 4.90. The fourth-order valence-corrected chi connectivity index (χ4v) is 3.20. The summed E-state index contributed by atoms with van der Waals surface area (Å²) < 4.78 is 28.1. The van der Waals surface area contributed by atoms with Crippen molar-refractivity contribution in [3.8, 4) is 34.4 Å². The normalized spacial score (nSPS) is 11.5. The van der Waals surface area contributed by atoms with Crippen molar-refractivity contribution in [1.82, 2.24) is 15.1 Å². The molecule has 0 unspecified atom stereocenters. The molecule has 1 radical (unpaired) electrons. The van der Waals surface area contributed by atoms with Crippen molar-refractivity contribution < 1.29 is 23.5 Å². The lowest BCUT2D eigenvalue weighted by molar-refractivity contribution is 0.144. The third-order valence-electron chi connectivity index (χ3n) is 4.99. The van der Waals surface area contributed by atoms with Crippen LogP contribution >= 0.6 is 0 Å². The Morgan fingerprint density at radius 1 is 1.00 bits per heavy atom. The summed E-state index contributed by atoms with van der Waals surface area (Å²) in [7, 11) is 3.20. The molecule has 2 heterocycles. The van der Waals surface area contributed by atoms with Gasteiger partial charge in [-0.15, -0.1) is 0 Å². The number of rotatable bonds is 8. The minimum atomic E-state index is -0.157. The van der Waals surface area contributed by atoms with Gasteiger partial charge in [-0.2, -0.15) is 0 Å². The second-order valence-corrected chi connectivity index (χ2v) is 8.39. The number of benzene rings is 2. The fraction of sp³-hybridized carbons (Fsp3) is 0.320. The predicted molar refractivity (Wildman–Crippen MR) is 123 cm³/mol. The second kappa shape index (κ2) is 9.46. The van der Waals surface area contributed by atoms with E-state index in [4.69, 9.17) is 23.5 Å². The van der Waals surface area contributed by atoms with Gasteiger partial charge >= 0.3 is 0 Å². The van der Waals surface area contributed by atoms with Gasteiger partial charge in [-0.25, -0.2) is 9.97 Å². The van der Waals surface area contributed by atoms with E-state index < -0.39 is 0 Å². The molecule has 0 N–H and O–H groups in total. The van der Waals surface area contributed by atoms with Gasteiger partial charge in [0.2, 0.25) is 5.88 Å². The van der Waals surface area contributed by atoms with E-state index in [0.717, 1.165) is 11.3 Å². The molecule has 8 nitrogen and oxygen atoms in total. The van der Waals surface area contributed by atoms with Crippen LogP contribution < -0.4 is 14.2 Å². The Labute approximate surface area is 192 Å². The summed E-state index contributed by atoms with van der Waals surface area (Å²) in [6, 6.07) is 14.0. The lowest BCUT2D eigenvalue weighted by Gasteiger charge is -2.14. The van der Waals surface area contributed by atoms with Gasteiger partial charge in [-0.1, -0.05) is 32.0 Å². The van der Waals surface area contributed by atoms with E-state index in [-0.39, 0.29) is 5.41 Å². The van der Waals surface area contributed by atoms with Crippen LogP contribution in [0.15, 0.2) is 47.2 Å². The van der Waals surface area contributed by atoms with Crippen molar-refractivity contribution in [2.75, 3.05) is 27.4 Å². The maximum atomic E-state index is 6.23. The van der Waals surface area contributed by atoms with Crippen LogP contribution in [-0.2, 0) is 10.2 Å². The lowest BCUT2D eigenvalue weighted by Crippen LogP contribution is -2.09. The molecule has 0 fully saturated rings. The average molecular weight is 448 g/mol. The molecule has 2 aromatic heterocycles. The van der Waals surface area contributed by atoms with E-state index in [9.17, 15) is 0 Å². The molecule has 0 saturated carbocycles. The summed E-state index contributed by atoms with van der Waals surface area (Å²) in [5.74, 6) is 2.82. The Morgan fingerprint density at radius 2 is 1.85 bits per heavy atom. The Hall–Kier alpha value is -3.65. The first kappa shape index (κ1) is 22.5. The highest BCUT2D eigenvalue weighted by Crippen LogP contribution is 2.38. The highest BCUT2D eigenvalue weighted by molar-refractivity contribution is 5.87. The van der Waals surface area contributed by atoms with Crippen LogP contribution in [0, 0.1) is 6.07 Å². The molecule has 0 aliphatic heterocycles. The topological polar surface area (TPSA) is 88.7 Å². The van der Waals surface area contributed by atoms with Crippen LogP contribution in [0.4, 0.5) is 0 Å². The van der Waals surface area contributed by atoms with Crippen LogP contribution in [0.2, 0.25) is 0 Å². The van der Waals surface area contributed by atoms with Crippen molar-refractivity contribution in [3.63, 3.8) is 0 Å². The first-order valence-corrected chi connectivity index (χ1v) is 10.5. The summed E-state index contributed by atoms with van der Waals surface area (Å²) >= 11 is 0. The highest BCUT2D eigenvalue weighted by Gasteiger charge is 2.22. The zero-order chi connectivity index (χ0) is 23.4. The number of fused-ring (bicyclic) bond motifs is 1. The third-order valence-corrected chi connectivity index (χ3v) is 4.99. The highest BCUT2D eigenvalue weighted by atomic mass is 16.5. The molecule has 0 saturated heterocycles. The Bertz CT molecular complexity index is 1250. The largest absolute Gasteiger partial charge is 0.493 e. The van der Waals surface area contributed by atoms with Gasteiger partial charge in [0.05, 0.1) is 24.6 Å². The van der Waals surface area contributed by atoms with E-state index >= 15 is 0 Å². The monoisotopic (exact) mass is 448 g/mol. The number of hydrogen-bond donors (Lipinski definition) is 0. The molecule has 2 aromatic carbocycles. The van der Waals surface area contributed by atoms with Gasteiger partial charge in [-0.05, 0) is 24.3 Å². The van der Waals surface area contributed by atoms with Gasteiger partial charge in [0.15, 0.2) is 11.5 Å². The zero-order valence-electron chi connectivity index (χ0n) is 19.3. The van der Waals surface area contributed by atoms with Crippen molar-refractivity contribution in [2.24, 2.45) is 0 Å². The quantitative estimate of drug-likeness (QED) is 0.340. The van der Waals surface area contributed by atoms with E-state index in [1.165, 1.54) is 6.33 Å². The summed E-state index contributed by atoms with van der Waals surface area (Å²) in [6.07, 6.45) is 1.45. The second-order valence-electron chi connectivity index (χ2n) is 8.39.